The lowest BCUT2D eigenvalue weighted by Crippen LogP contribution is -2.03. The van der Waals surface area contributed by atoms with Crippen LogP contribution in [0.1, 0.15) is 0 Å². The third-order valence-corrected chi connectivity index (χ3v) is 4.98. The van der Waals surface area contributed by atoms with Gasteiger partial charge in [-0.15, -0.1) is 0 Å². The Morgan fingerprint density at radius 2 is 1.43 bits per heavy atom. The van der Waals surface area contributed by atoms with Crippen LogP contribution in [0.25, 0.3) is 50.2 Å². The molecular formula is C23H14N4O. The van der Waals surface area contributed by atoms with E-state index in [0.717, 1.165) is 22.2 Å². The van der Waals surface area contributed by atoms with E-state index in [2.05, 4.69) is 45.9 Å². The second-order valence-electron chi connectivity index (χ2n) is 6.59. The van der Waals surface area contributed by atoms with Crippen molar-refractivity contribution in [3.63, 3.8) is 0 Å². The fraction of sp³-hybridized carbons (Fsp3) is 0. The molecule has 6 aromatic rings. The number of hydrogen-bond donors (Lipinski definition) is 0. The van der Waals surface area contributed by atoms with Crippen LogP contribution >= 0.6 is 0 Å². The maximum atomic E-state index is 5.68. The summed E-state index contributed by atoms with van der Waals surface area (Å²) < 4.78 is 7.78. The van der Waals surface area contributed by atoms with E-state index in [-0.39, 0.29) is 0 Å². The third kappa shape index (κ3) is 2.10. The van der Waals surface area contributed by atoms with Crippen LogP contribution in [0, 0.1) is 0 Å². The van der Waals surface area contributed by atoms with Gasteiger partial charge in [-0.2, -0.15) is 0 Å². The van der Waals surface area contributed by atoms with E-state index in [9.17, 15) is 0 Å². The van der Waals surface area contributed by atoms with Crippen molar-refractivity contribution in [2.24, 2.45) is 0 Å². The van der Waals surface area contributed by atoms with E-state index >= 15 is 0 Å². The lowest BCUT2D eigenvalue weighted by molar-refractivity contribution is 0.614. The Kier molecular flexibility index (Phi) is 3.10. The highest BCUT2D eigenvalue weighted by Crippen LogP contribution is 2.33. The molecule has 5 heteroatoms. The maximum Gasteiger partial charge on any atom is 0.236 e. The standard InChI is InChI=1S/C23H14N4O/c1-3-10-19-15(7-1)16-8-2-4-11-20(16)27(19)23-25-18-12-14-28-22(18)21(26-23)17-9-5-6-13-24-17/h1-14H. The van der Waals surface area contributed by atoms with Gasteiger partial charge in [-0.05, 0) is 24.3 Å². The second-order valence-corrected chi connectivity index (χ2v) is 6.59. The van der Waals surface area contributed by atoms with E-state index in [4.69, 9.17) is 14.4 Å². The number of benzene rings is 2. The SMILES string of the molecule is c1ccc(-c2nc(-n3c4ccccc4c4ccccc43)nc3ccoc23)nc1. The van der Waals surface area contributed by atoms with Crippen molar-refractivity contribution in [1.29, 1.82) is 0 Å². The molecule has 0 atom stereocenters. The quantitative estimate of drug-likeness (QED) is 0.415. The lowest BCUT2D eigenvalue weighted by Gasteiger charge is -2.08. The minimum atomic E-state index is 0.604. The minimum absolute atomic E-state index is 0.604. The Morgan fingerprint density at radius 3 is 2.14 bits per heavy atom. The fourth-order valence-corrected chi connectivity index (χ4v) is 3.77. The topological polar surface area (TPSA) is 56.7 Å². The predicted octanol–water partition coefficient (Wildman–Crippen LogP) is 5.38. The van der Waals surface area contributed by atoms with Gasteiger partial charge in [0.2, 0.25) is 5.95 Å². The molecule has 0 unspecified atom stereocenters. The maximum absolute atomic E-state index is 5.68. The Bertz CT molecular complexity index is 1410. The summed E-state index contributed by atoms with van der Waals surface area (Å²) in [5.41, 5.74) is 4.98. The van der Waals surface area contributed by atoms with E-state index in [0.29, 0.717) is 17.2 Å². The summed E-state index contributed by atoms with van der Waals surface area (Å²) in [6, 6.07) is 24.3. The van der Waals surface area contributed by atoms with Crippen LogP contribution in [-0.4, -0.2) is 19.5 Å². The van der Waals surface area contributed by atoms with Crippen LogP contribution < -0.4 is 0 Å². The molecule has 0 bridgehead atoms. The average Bonchev–Trinajstić information content (AvgIpc) is 3.36. The van der Waals surface area contributed by atoms with Crippen LogP contribution in [-0.2, 0) is 0 Å². The molecule has 28 heavy (non-hydrogen) atoms. The number of rotatable bonds is 2. The summed E-state index contributed by atoms with van der Waals surface area (Å²) in [4.78, 5) is 14.1. The summed E-state index contributed by atoms with van der Waals surface area (Å²) in [6.07, 6.45) is 3.40. The van der Waals surface area contributed by atoms with Gasteiger partial charge in [-0.3, -0.25) is 9.55 Å². The number of nitrogens with zero attached hydrogens (tertiary/aromatic N) is 4. The number of aromatic nitrogens is 4. The van der Waals surface area contributed by atoms with Crippen LogP contribution in [0.3, 0.4) is 0 Å². The van der Waals surface area contributed by atoms with Crippen molar-refractivity contribution in [2.45, 2.75) is 0 Å². The first kappa shape index (κ1) is 15.1. The Balaban J connectivity index is 1.74. The van der Waals surface area contributed by atoms with Crippen molar-refractivity contribution in [1.82, 2.24) is 19.5 Å². The largest absolute Gasteiger partial charge is 0.460 e. The summed E-state index contributed by atoms with van der Waals surface area (Å²) in [7, 11) is 0. The molecule has 0 N–H and O–H groups in total. The van der Waals surface area contributed by atoms with Gasteiger partial charge in [-0.1, -0.05) is 42.5 Å². The highest BCUT2D eigenvalue weighted by atomic mass is 16.3. The Hall–Kier alpha value is -3.99. The molecule has 0 aliphatic heterocycles. The molecule has 132 valence electrons. The van der Waals surface area contributed by atoms with Gasteiger partial charge in [0.15, 0.2) is 5.58 Å². The minimum Gasteiger partial charge on any atom is -0.460 e. The van der Waals surface area contributed by atoms with Crippen molar-refractivity contribution in [3.05, 3.63) is 85.3 Å². The zero-order valence-electron chi connectivity index (χ0n) is 14.8. The molecule has 0 saturated carbocycles. The smallest absolute Gasteiger partial charge is 0.236 e. The fourth-order valence-electron chi connectivity index (χ4n) is 3.77. The summed E-state index contributed by atoms with van der Waals surface area (Å²) in [5.74, 6) is 0.604. The van der Waals surface area contributed by atoms with Gasteiger partial charge in [0.05, 0.1) is 23.0 Å². The molecule has 0 fully saturated rings. The molecule has 4 heterocycles. The molecule has 0 spiro atoms. The van der Waals surface area contributed by atoms with Gasteiger partial charge < -0.3 is 4.42 Å². The molecule has 0 aliphatic rings. The molecule has 0 amide bonds. The molecular weight excluding hydrogens is 348 g/mol. The molecule has 2 aromatic carbocycles. The number of para-hydroxylation sites is 2. The summed E-state index contributed by atoms with van der Waals surface area (Å²) in [5, 5.41) is 2.35. The first-order chi connectivity index (χ1) is 13.9. The zero-order valence-corrected chi connectivity index (χ0v) is 14.8. The number of hydrogen-bond acceptors (Lipinski definition) is 4. The molecule has 5 nitrogen and oxygen atoms in total. The third-order valence-electron chi connectivity index (χ3n) is 4.98. The molecule has 0 saturated heterocycles. The lowest BCUT2D eigenvalue weighted by atomic mass is 10.2. The van der Waals surface area contributed by atoms with E-state index in [1.807, 2.05) is 36.4 Å². The molecule has 4 aromatic heterocycles. The van der Waals surface area contributed by atoms with E-state index in [1.54, 1.807) is 12.5 Å². The number of furan rings is 1. The van der Waals surface area contributed by atoms with Crippen LogP contribution in [0.5, 0.6) is 0 Å². The van der Waals surface area contributed by atoms with Gasteiger partial charge >= 0.3 is 0 Å². The highest BCUT2D eigenvalue weighted by molar-refractivity contribution is 6.09. The summed E-state index contributed by atoms with van der Waals surface area (Å²) in [6.45, 7) is 0. The molecule has 6 rings (SSSR count). The van der Waals surface area contributed by atoms with Crippen molar-refractivity contribution < 1.29 is 4.42 Å². The Morgan fingerprint density at radius 1 is 0.714 bits per heavy atom. The zero-order chi connectivity index (χ0) is 18.5. The predicted molar refractivity (Wildman–Crippen MR) is 109 cm³/mol. The van der Waals surface area contributed by atoms with Crippen molar-refractivity contribution in [2.75, 3.05) is 0 Å². The van der Waals surface area contributed by atoms with Crippen molar-refractivity contribution >= 4 is 32.9 Å². The molecule has 0 radical (unpaired) electrons. The Labute approximate surface area is 159 Å². The first-order valence-corrected chi connectivity index (χ1v) is 9.05. The van der Waals surface area contributed by atoms with Crippen LogP contribution in [0.15, 0.2) is 89.7 Å². The summed E-state index contributed by atoms with van der Waals surface area (Å²) >= 11 is 0. The van der Waals surface area contributed by atoms with E-state index in [1.165, 1.54) is 10.8 Å². The first-order valence-electron chi connectivity index (χ1n) is 9.05. The van der Waals surface area contributed by atoms with Crippen LogP contribution in [0.4, 0.5) is 0 Å². The van der Waals surface area contributed by atoms with Gasteiger partial charge in [0.25, 0.3) is 0 Å². The van der Waals surface area contributed by atoms with Gasteiger partial charge in [-0.25, -0.2) is 9.97 Å². The van der Waals surface area contributed by atoms with Gasteiger partial charge in [0.1, 0.15) is 11.2 Å². The number of pyridine rings is 1. The second kappa shape index (κ2) is 5.76. The monoisotopic (exact) mass is 362 g/mol. The van der Waals surface area contributed by atoms with Gasteiger partial charge in [0, 0.05) is 23.0 Å². The van der Waals surface area contributed by atoms with Crippen LogP contribution in [0.2, 0.25) is 0 Å². The highest BCUT2D eigenvalue weighted by Gasteiger charge is 2.18. The van der Waals surface area contributed by atoms with Crippen molar-refractivity contribution in [3.8, 4) is 17.3 Å². The average molecular weight is 362 g/mol. The molecule has 0 aliphatic carbocycles. The normalized spacial score (nSPS) is 11.6. The number of fused-ring (bicyclic) bond motifs is 4. The van der Waals surface area contributed by atoms with E-state index < -0.39 is 0 Å².